The number of fused-ring (bicyclic) bond motifs is 2. The summed E-state index contributed by atoms with van der Waals surface area (Å²) < 4.78 is 81.6. The number of benzene rings is 2. The molecule has 0 bridgehead atoms. The van der Waals surface area contributed by atoms with E-state index in [1.807, 2.05) is 42.6 Å². The summed E-state index contributed by atoms with van der Waals surface area (Å²) in [6, 6.07) is 11.9. The van der Waals surface area contributed by atoms with Crippen molar-refractivity contribution in [3.63, 3.8) is 0 Å². The van der Waals surface area contributed by atoms with E-state index in [-0.39, 0.29) is 18.7 Å². The summed E-state index contributed by atoms with van der Waals surface area (Å²) in [6.07, 6.45) is -1.03. The van der Waals surface area contributed by atoms with Crippen molar-refractivity contribution in [3.8, 4) is 0 Å². The van der Waals surface area contributed by atoms with Crippen molar-refractivity contribution in [2.24, 2.45) is 0 Å². The van der Waals surface area contributed by atoms with Gasteiger partial charge in [0.15, 0.2) is 0 Å². The fraction of sp³-hybridized carbons (Fsp3) is 0.290. The van der Waals surface area contributed by atoms with Gasteiger partial charge in [-0.3, -0.25) is 9.78 Å². The van der Waals surface area contributed by atoms with E-state index < -0.39 is 41.0 Å². The van der Waals surface area contributed by atoms with E-state index in [0.717, 1.165) is 27.6 Å². The molecular weight excluding hydrogens is 558 g/mol. The molecule has 6 rings (SSSR count). The van der Waals surface area contributed by atoms with Crippen LogP contribution in [0.2, 0.25) is 0 Å². The molecule has 0 saturated carbocycles. The summed E-state index contributed by atoms with van der Waals surface area (Å²) >= 11 is 0. The van der Waals surface area contributed by atoms with Crippen LogP contribution in [0.4, 0.5) is 26.3 Å². The quantitative estimate of drug-likeness (QED) is 0.259. The summed E-state index contributed by atoms with van der Waals surface area (Å²) in [6.45, 7) is 0.541. The number of hydrogen-bond acceptors (Lipinski definition) is 3. The van der Waals surface area contributed by atoms with Gasteiger partial charge >= 0.3 is 12.4 Å². The van der Waals surface area contributed by atoms with Crippen molar-refractivity contribution in [1.82, 2.24) is 19.8 Å². The average molecular weight is 585 g/mol. The third-order valence-corrected chi connectivity index (χ3v) is 8.08. The number of nitrogens with one attached hydrogen (secondary N) is 1. The first-order chi connectivity index (χ1) is 20.0. The van der Waals surface area contributed by atoms with Crippen LogP contribution in [0, 0.1) is 0 Å². The lowest BCUT2D eigenvalue weighted by Gasteiger charge is -2.48. The molecule has 2 aliphatic heterocycles. The molecule has 1 saturated heterocycles. The third-order valence-electron chi connectivity index (χ3n) is 8.08. The van der Waals surface area contributed by atoms with Gasteiger partial charge in [-0.1, -0.05) is 18.2 Å². The zero-order valence-corrected chi connectivity index (χ0v) is 22.2. The Labute approximate surface area is 237 Å². The van der Waals surface area contributed by atoms with E-state index >= 15 is 0 Å². The van der Waals surface area contributed by atoms with Gasteiger partial charge in [0.1, 0.15) is 0 Å². The highest BCUT2D eigenvalue weighted by Gasteiger charge is 2.41. The Hall–Kier alpha value is -4.28. The van der Waals surface area contributed by atoms with Crippen LogP contribution < -0.4 is 0 Å². The fourth-order valence-corrected chi connectivity index (χ4v) is 5.98. The van der Waals surface area contributed by atoms with Crippen LogP contribution >= 0.6 is 0 Å². The molecule has 2 atom stereocenters. The Balaban J connectivity index is 1.38. The number of aromatic amines is 1. The molecule has 0 unspecified atom stereocenters. The number of alkyl halides is 6. The molecule has 4 aromatic rings. The minimum absolute atomic E-state index is 0.0463. The molecule has 0 radical (unpaired) electrons. The highest BCUT2D eigenvalue weighted by molar-refractivity contribution is 5.95. The number of piperazine rings is 1. The predicted octanol–water partition coefficient (Wildman–Crippen LogP) is 7.17. The number of amides is 1. The van der Waals surface area contributed by atoms with Gasteiger partial charge in [-0.25, -0.2) is 0 Å². The maximum Gasteiger partial charge on any atom is 0.416 e. The highest BCUT2D eigenvalue weighted by Crippen LogP contribution is 2.38. The minimum Gasteiger partial charge on any atom is -0.370 e. The Kier molecular flexibility index (Phi) is 6.98. The van der Waals surface area contributed by atoms with E-state index in [1.54, 1.807) is 12.4 Å². The van der Waals surface area contributed by atoms with Gasteiger partial charge in [0.05, 0.1) is 17.2 Å². The Morgan fingerprint density at radius 3 is 2.31 bits per heavy atom. The number of aromatic nitrogens is 2. The molecule has 1 fully saturated rings. The molecule has 218 valence electrons. The SMILES string of the molecule is O=C(c1cc(C(F)(F)F)cc(C(F)(F)F)c1)N1C[C@H]2CCC(c3ccncc3)=CN2C[C@H]1Cc1c[nH]c2ccccc12. The first-order valence-corrected chi connectivity index (χ1v) is 13.5. The summed E-state index contributed by atoms with van der Waals surface area (Å²) in [5.74, 6) is -0.847. The van der Waals surface area contributed by atoms with Crippen LogP contribution in [0.1, 0.15) is 45.5 Å². The van der Waals surface area contributed by atoms with Crippen molar-refractivity contribution < 1.29 is 31.1 Å². The van der Waals surface area contributed by atoms with E-state index in [0.29, 0.717) is 37.9 Å². The van der Waals surface area contributed by atoms with Gasteiger partial charge in [0, 0.05) is 60.4 Å². The van der Waals surface area contributed by atoms with Crippen LogP contribution in [0.15, 0.2) is 79.4 Å². The Morgan fingerprint density at radius 2 is 1.62 bits per heavy atom. The van der Waals surface area contributed by atoms with E-state index in [2.05, 4.69) is 21.1 Å². The first-order valence-electron chi connectivity index (χ1n) is 13.5. The smallest absolute Gasteiger partial charge is 0.370 e. The van der Waals surface area contributed by atoms with Crippen LogP contribution in [0.5, 0.6) is 0 Å². The molecule has 5 nitrogen and oxygen atoms in total. The highest BCUT2D eigenvalue weighted by atomic mass is 19.4. The van der Waals surface area contributed by atoms with Gasteiger partial charge in [0.25, 0.3) is 5.91 Å². The van der Waals surface area contributed by atoms with Gasteiger partial charge < -0.3 is 14.8 Å². The van der Waals surface area contributed by atoms with E-state index in [1.165, 1.54) is 4.90 Å². The largest absolute Gasteiger partial charge is 0.416 e. The number of carbonyl (C=O) groups excluding carboxylic acids is 1. The molecule has 2 aliphatic rings. The van der Waals surface area contributed by atoms with Crippen molar-refractivity contribution in [2.45, 2.75) is 43.7 Å². The Bertz CT molecular complexity index is 1610. The van der Waals surface area contributed by atoms with Crippen LogP contribution in [0.25, 0.3) is 16.5 Å². The number of pyridine rings is 1. The zero-order chi connectivity index (χ0) is 29.6. The number of nitrogens with zero attached hydrogens (tertiary/aromatic N) is 3. The second kappa shape index (κ2) is 10.5. The van der Waals surface area contributed by atoms with Crippen LogP contribution in [-0.2, 0) is 18.8 Å². The fourth-order valence-electron chi connectivity index (χ4n) is 5.98. The number of carbonyl (C=O) groups is 1. The van der Waals surface area contributed by atoms with Gasteiger partial charge in [-0.2, -0.15) is 26.3 Å². The number of hydrogen-bond donors (Lipinski definition) is 1. The summed E-state index contributed by atoms with van der Waals surface area (Å²) in [7, 11) is 0. The minimum atomic E-state index is -5.05. The van der Waals surface area contributed by atoms with E-state index in [9.17, 15) is 31.1 Å². The predicted molar refractivity (Wildman–Crippen MR) is 145 cm³/mol. The lowest BCUT2D eigenvalue weighted by atomic mass is 9.90. The molecule has 1 amide bonds. The van der Waals surface area contributed by atoms with Crippen molar-refractivity contribution >= 4 is 22.4 Å². The molecular formula is C31H26F6N4O. The van der Waals surface area contributed by atoms with Crippen molar-refractivity contribution in [2.75, 3.05) is 13.1 Å². The van der Waals surface area contributed by atoms with Gasteiger partial charge in [-0.15, -0.1) is 0 Å². The summed E-state index contributed by atoms with van der Waals surface area (Å²) in [5.41, 5.74) is 0.293. The standard InChI is InChI=1S/C31H26F6N4O/c32-30(33,34)23-11-21(12-24(14-23)31(35,36)37)29(42)41-18-25-6-5-20(19-7-9-38-10-8-19)16-40(25)17-26(41)13-22-15-39-28-4-2-1-3-27(22)28/h1-4,7-12,14-16,25-26,39H,5-6,13,17-18H2/t25-,26-/m1/s1. The van der Waals surface area contributed by atoms with Gasteiger partial charge in [-0.05, 0) is 72.4 Å². The zero-order valence-electron chi connectivity index (χ0n) is 22.2. The average Bonchev–Trinajstić information content (AvgIpc) is 3.38. The number of para-hydroxylation sites is 1. The summed E-state index contributed by atoms with van der Waals surface area (Å²) in [4.78, 5) is 24.7. The van der Waals surface area contributed by atoms with E-state index in [4.69, 9.17) is 0 Å². The van der Waals surface area contributed by atoms with Crippen LogP contribution in [-0.4, -0.2) is 50.8 Å². The maximum absolute atomic E-state index is 13.9. The lowest BCUT2D eigenvalue weighted by molar-refractivity contribution is -0.143. The molecule has 4 heterocycles. The molecule has 2 aromatic heterocycles. The Morgan fingerprint density at radius 1 is 0.929 bits per heavy atom. The number of allylic oxidation sites excluding steroid dienone is 1. The third kappa shape index (κ3) is 5.47. The van der Waals surface area contributed by atoms with Crippen molar-refractivity contribution in [1.29, 1.82) is 0 Å². The lowest BCUT2D eigenvalue weighted by Crippen LogP contribution is -2.59. The topological polar surface area (TPSA) is 52.2 Å². The first kappa shape index (κ1) is 27.9. The number of rotatable bonds is 4. The second-order valence-electron chi connectivity index (χ2n) is 10.7. The maximum atomic E-state index is 13.9. The molecule has 11 heteroatoms. The molecule has 0 aliphatic carbocycles. The number of H-pyrrole nitrogens is 1. The number of halogens is 6. The molecule has 1 N–H and O–H groups in total. The second-order valence-corrected chi connectivity index (χ2v) is 10.7. The summed E-state index contributed by atoms with van der Waals surface area (Å²) in [5, 5.41) is 0.942. The molecule has 42 heavy (non-hydrogen) atoms. The normalized spacial score (nSPS) is 19.5. The van der Waals surface area contributed by atoms with Crippen LogP contribution in [0.3, 0.4) is 0 Å². The van der Waals surface area contributed by atoms with Gasteiger partial charge in [0.2, 0.25) is 0 Å². The monoisotopic (exact) mass is 584 g/mol. The molecule has 0 spiro atoms. The van der Waals surface area contributed by atoms with Crippen molar-refractivity contribution in [3.05, 3.63) is 107 Å². The molecule has 2 aromatic carbocycles.